The normalized spacial score (nSPS) is 31.9. The van der Waals surface area contributed by atoms with Gasteiger partial charge in [-0.3, -0.25) is 0 Å². The summed E-state index contributed by atoms with van der Waals surface area (Å²) in [5, 5.41) is 18.5. The number of aliphatic hydroxyl groups is 2. The Labute approximate surface area is 93.0 Å². The standard InChI is InChI=1S/C13H24O2/c1-9(2)12-5-4-10(3)6-13(12)11(7-14)8-15/h10-15H,1,4-8H2,2-3H3/t10-,12+,13+/m1/s1. The zero-order valence-corrected chi connectivity index (χ0v) is 9.95. The molecule has 0 aliphatic heterocycles. The first-order valence-electron chi connectivity index (χ1n) is 5.97. The van der Waals surface area contributed by atoms with Crippen LogP contribution in [0.4, 0.5) is 0 Å². The molecule has 15 heavy (non-hydrogen) atoms. The predicted octanol–water partition coefficient (Wildman–Crippen LogP) is 2.22. The van der Waals surface area contributed by atoms with E-state index in [4.69, 9.17) is 0 Å². The molecule has 2 N–H and O–H groups in total. The van der Waals surface area contributed by atoms with Gasteiger partial charge in [-0.25, -0.2) is 0 Å². The Kier molecular flexibility index (Phi) is 4.81. The molecule has 3 atom stereocenters. The van der Waals surface area contributed by atoms with Crippen LogP contribution in [-0.2, 0) is 0 Å². The average molecular weight is 212 g/mol. The van der Waals surface area contributed by atoms with Crippen LogP contribution in [-0.4, -0.2) is 23.4 Å². The minimum absolute atomic E-state index is 0.0365. The fourth-order valence-corrected chi connectivity index (χ4v) is 2.89. The molecule has 0 saturated heterocycles. The van der Waals surface area contributed by atoms with Gasteiger partial charge in [0.15, 0.2) is 0 Å². The molecule has 2 heteroatoms. The lowest BCUT2D eigenvalue weighted by atomic mass is 9.67. The van der Waals surface area contributed by atoms with Crippen LogP contribution in [0.1, 0.15) is 33.1 Å². The van der Waals surface area contributed by atoms with E-state index in [0.717, 1.165) is 12.8 Å². The van der Waals surface area contributed by atoms with E-state index in [1.54, 1.807) is 0 Å². The van der Waals surface area contributed by atoms with E-state index in [0.29, 0.717) is 17.8 Å². The van der Waals surface area contributed by atoms with Gasteiger partial charge in [0, 0.05) is 19.1 Å². The summed E-state index contributed by atoms with van der Waals surface area (Å²) in [6.07, 6.45) is 3.53. The van der Waals surface area contributed by atoms with E-state index in [-0.39, 0.29) is 19.1 Å². The number of hydrogen-bond acceptors (Lipinski definition) is 2. The largest absolute Gasteiger partial charge is 0.396 e. The molecular weight excluding hydrogens is 188 g/mol. The summed E-state index contributed by atoms with van der Waals surface area (Å²) in [7, 11) is 0. The summed E-state index contributed by atoms with van der Waals surface area (Å²) in [4.78, 5) is 0. The number of rotatable bonds is 4. The highest BCUT2D eigenvalue weighted by molar-refractivity contribution is 5.02. The van der Waals surface area contributed by atoms with Crippen molar-refractivity contribution < 1.29 is 10.2 Å². The second kappa shape index (κ2) is 5.66. The van der Waals surface area contributed by atoms with Crippen LogP contribution >= 0.6 is 0 Å². The van der Waals surface area contributed by atoms with E-state index < -0.39 is 0 Å². The van der Waals surface area contributed by atoms with Crippen LogP contribution in [0.25, 0.3) is 0 Å². The van der Waals surface area contributed by atoms with E-state index >= 15 is 0 Å². The third kappa shape index (κ3) is 3.05. The molecule has 1 rings (SSSR count). The second-order valence-corrected chi connectivity index (χ2v) is 5.16. The fourth-order valence-electron chi connectivity index (χ4n) is 2.89. The zero-order chi connectivity index (χ0) is 11.4. The molecule has 1 aliphatic rings. The SMILES string of the molecule is C=C(C)[C@@H]1CC[C@@H](C)C[C@H]1C(CO)CO. The van der Waals surface area contributed by atoms with Crippen LogP contribution in [0.2, 0.25) is 0 Å². The van der Waals surface area contributed by atoms with Crippen LogP contribution in [0.15, 0.2) is 12.2 Å². The molecule has 0 aromatic heterocycles. The molecule has 0 unspecified atom stereocenters. The van der Waals surface area contributed by atoms with Gasteiger partial charge < -0.3 is 10.2 Å². The molecule has 88 valence electrons. The average Bonchev–Trinajstić information content (AvgIpc) is 2.19. The summed E-state index contributed by atoms with van der Waals surface area (Å²) in [6.45, 7) is 8.56. The van der Waals surface area contributed by atoms with Gasteiger partial charge in [0.05, 0.1) is 0 Å². The van der Waals surface area contributed by atoms with Crippen molar-refractivity contribution >= 4 is 0 Å². The first kappa shape index (κ1) is 12.7. The predicted molar refractivity (Wildman–Crippen MR) is 62.5 cm³/mol. The van der Waals surface area contributed by atoms with Gasteiger partial charge in [-0.2, -0.15) is 0 Å². The Morgan fingerprint density at radius 3 is 2.40 bits per heavy atom. The number of aliphatic hydroxyl groups excluding tert-OH is 2. The molecule has 1 fully saturated rings. The van der Waals surface area contributed by atoms with Crippen LogP contribution < -0.4 is 0 Å². The molecule has 0 aromatic rings. The summed E-state index contributed by atoms with van der Waals surface area (Å²) in [6, 6.07) is 0. The Morgan fingerprint density at radius 2 is 1.93 bits per heavy atom. The third-order valence-electron chi connectivity index (χ3n) is 3.87. The van der Waals surface area contributed by atoms with Gasteiger partial charge in [0.25, 0.3) is 0 Å². The number of hydrogen-bond donors (Lipinski definition) is 2. The van der Waals surface area contributed by atoms with Crippen LogP contribution in [0.5, 0.6) is 0 Å². The minimum atomic E-state index is 0.0365. The van der Waals surface area contributed by atoms with Gasteiger partial charge in [-0.05, 0) is 37.5 Å². The monoisotopic (exact) mass is 212 g/mol. The molecule has 0 aromatic carbocycles. The Balaban J connectivity index is 2.73. The van der Waals surface area contributed by atoms with Crippen molar-refractivity contribution in [3.8, 4) is 0 Å². The first-order chi connectivity index (χ1) is 7.10. The van der Waals surface area contributed by atoms with Gasteiger partial charge in [-0.15, -0.1) is 0 Å². The Morgan fingerprint density at radius 1 is 1.33 bits per heavy atom. The highest BCUT2D eigenvalue weighted by Crippen LogP contribution is 2.41. The lowest BCUT2D eigenvalue weighted by Gasteiger charge is -2.39. The van der Waals surface area contributed by atoms with E-state index in [9.17, 15) is 10.2 Å². The molecule has 0 spiro atoms. The quantitative estimate of drug-likeness (QED) is 0.701. The van der Waals surface area contributed by atoms with Gasteiger partial charge >= 0.3 is 0 Å². The van der Waals surface area contributed by atoms with Crippen molar-refractivity contribution in [1.82, 2.24) is 0 Å². The minimum Gasteiger partial charge on any atom is -0.396 e. The first-order valence-corrected chi connectivity index (χ1v) is 5.97. The highest BCUT2D eigenvalue weighted by Gasteiger charge is 2.33. The molecule has 0 heterocycles. The van der Waals surface area contributed by atoms with Crippen LogP contribution in [0.3, 0.4) is 0 Å². The molecule has 1 aliphatic carbocycles. The van der Waals surface area contributed by atoms with Crippen molar-refractivity contribution in [2.75, 3.05) is 13.2 Å². The zero-order valence-electron chi connectivity index (χ0n) is 9.95. The summed E-state index contributed by atoms with van der Waals surface area (Å²) in [5.74, 6) is 1.66. The Bertz CT molecular complexity index is 209. The van der Waals surface area contributed by atoms with E-state index in [2.05, 4.69) is 20.4 Å². The summed E-state index contributed by atoms with van der Waals surface area (Å²) < 4.78 is 0. The van der Waals surface area contributed by atoms with Gasteiger partial charge in [-0.1, -0.05) is 25.5 Å². The molecular formula is C13H24O2. The van der Waals surface area contributed by atoms with Gasteiger partial charge in [0.1, 0.15) is 0 Å². The lowest BCUT2D eigenvalue weighted by molar-refractivity contribution is 0.0545. The maximum atomic E-state index is 9.27. The van der Waals surface area contributed by atoms with Crippen molar-refractivity contribution in [3.63, 3.8) is 0 Å². The van der Waals surface area contributed by atoms with Crippen molar-refractivity contribution in [3.05, 3.63) is 12.2 Å². The molecule has 0 amide bonds. The van der Waals surface area contributed by atoms with Crippen molar-refractivity contribution in [1.29, 1.82) is 0 Å². The van der Waals surface area contributed by atoms with Crippen molar-refractivity contribution in [2.24, 2.45) is 23.7 Å². The molecule has 2 nitrogen and oxygen atoms in total. The van der Waals surface area contributed by atoms with E-state index in [1.165, 1.54) is 12.0 Å². The van der Waals surface area contributed by atoms with E-state index in [1.807, 2.05) is 0 Å². The molecule has 1 saturated carbocycles. The third-order valence-corrected chi connectivity index (χ3v) is 3.87. The maximum absolute atomic E-state index is 9.27. The molecule has 0 bridgehead atoms. The summed E-state index contributed by atoms with van der Waals surface area (Å²) >= 11 is 0. The van der Waals surface area contributed by atoms with Crippen LogP contribution in [0, 0.1) is 23.7 Å². The maximum Gasteiger partial charge on any atom is 0.0484 e. The second-order valence-electron chi connectivity index (χ2n) is 5.16. The van der Waals surface area contributed by atoms with Gasteiger partial charge in [0.2, 0.25) is 0 Å². The van der Waals surface area contributed by atoms with Crippen molar-refractivity contribution in [2.45, 2.75) is 33.1 Å². The fraction of sp³-hybridized carbons (Fsp3) is 0.846. The smallest absolute Gasteiger partial charge is 0.0484 e. The topological polar surface area (TPSA) is 40.5 Å². The summed E-state index contributed by atoms with van der Waals surface area (Å²) in [5.41, 5.74) is 1.21. The Hall–Kier alpha value is -0.340. The number of allylic oxidation sites excluding steroid dienone is 1. The lowest BCUT2D eigenvalue weighted by Crippen LogP contribution is -2.34. The highest BCUT2D eigenvalue weighted by atomic mass is 16.3. The molecule has 0 radical (unpaired) electrons.